The molecule has 0 radical (unpaired) electrons. The summed E-state index contributed by atoms with van der Waals surface area (Å²) in [4.78, 5) is 71.8. The number of carbonyl (C=O) groups excluding carboxylic acids is 3. The molecule has 8 rings (SSSR count). The molecule has 4 N–H and O–H groups in total. The third-order valence-corrected chi connectivity index (χ3v) is 14.3. The molecule has 5 atom stereocenters. The number of likely N-dealkylation sites (tertiary alicyclic amines) is 1. The van der Waals surface area contributed by atoms with Crippen LogP contribution in [-0.4, -0.2) is 94.0 Å². The standard InChI is InChI=1S/C48H51N9O6S2/c1-24-27(4)65-47-39(24)40(52-36(21-38(59)60)43-55-54-28(5)57(43)47)31-13-11-30(12-14-31)35-19-33(17-18-49-35)44(61)53-42(48(6,7)8)46(63)56-22-34(58)20-37(56)45(62)51-25(2)29-9-15-32(16-10-29)41-26(3)50-23-64-41/h9-19,23,25,34,36-37,42,58H,20-22H2,1-8H3,(H,51,62)(H,53,61)(H,59,60)/t25?,34-,36+,37+,42?/m1/s1. The molecular weight excluding hydrogens is 863 g/mol. The summed E-state index contributed by atoms with van der Waals surface area (Å²) >= 11 is 3.15. The Labute approximate surface area is 384 Å². The molecule has 2 aliphatic rings. The van der Waals surface area contributed by atoms with Gasteiger partial charge >= 0.3 is 5.97 Å². The predicted octanol–water partition coefficient (Wildman–Crippen LogP) is 7.10. The van der Waals surface area contributed by atoms with Crippen LogP contribution in [0.25, 0.3) is 26.7 Å². The minimum Gasteiger partial charge on any atom is -0.481 e. The molecule has 1 fully saturated rings. The van der Waals surface area contributed by atoms with E-state index in [1.165, 1.54) is 11.1 Å². The maximum atomic E-state index is 14.4. The van der Waals surface area contributed by atoms with Crippen molar-refractivity contribution in [3.8, 4) is 26.7 Å². The quantitative estimate of drug-likeness (QED) is 0.104. The van der Waals surface area contributed by atoms with Crippen LogP contribution in [0.15, 0.2) is 77.4 Å². The van der Waals surface area contributed by atoms with E-state index in [4.69, 9.17) is 4.99 Å². The van der Waals surface area contributed by atoms with Gasteiger partial charge in [-0.1, -0.05) is 69.3 Å². The number of aliphatic hydroxyl groups excluding tert-OH is 1. The number of nitrogens with zero attached hydrogens (tertiary/aromatic N) is 7. The highest BCUT2D eigenvalue weighted by Gasteiger charge is 2.45. The highest BCUT2D eigenvalue weighted by Crippen LogP contribution is 2.40. The van der Waals surface area contributed by atoms with Crippen LogP contribution < -0.4 is 10.6 Å². The largest absolute Gasteiger partial charge is 0.481 e. The number of fused-ring (bicyclic) bond motifs is 3. The molecular formula is C48H51N9O6S2. The minimum atomic E-state index is -1.04. The summed E-state index contributed by atoms with van der Waals surface area (Å²) in [6, 6.07) is 15.6. The number of amides is 3. The molecule has 4 aromatic heterocycles. The van der Waals surface area contributed by atoms with Crippen LogP contribution in [0.3, 0.4) is 0 Å². The van der Waals surface area contributed by atoms with Crippen LogP contribution in [0.4, 0.5) is 0 Å². The van der Waals surface area contributed by atoms with Crippen molar-refractivity contribution in [1.82, 2.24) is 40.3 Å². The topological polar surface area (TPSA) is 205 Å². The van der Waals surface area contributed by atoms with Crippen molar-refractivity contribution in [2.75, 3.05) is 6.54 Å². The zero-order chi connectivity index (χ0) is 46.5. The highest BCUT2D eigenvalue weighted by molar-refractivity contribution is 7.15. The number of aliphatic hydroxyl groups is 1. The SMILES string of the molecule is Cc1ncsc1-c1ccc(C(C)NC(=O)[C@@H]2C[C@@H](O)CN2C(=O)C(NC(=O)c2ccnc(-c3ccc(C4=N[C@@H](CC(=O)O)c5nnc(C)n5-c5sc(C)c(C)c54)cc3)c2)C(C)(C)C)cc1. The van der Waals surface area contributed by atoms with E-state index in [2.05, 4.69) is 30.8 Å². The van der Waals surface area contributed by atoms with Crippen molar-refractivity contribution in [1.29, 1.82) is 0 Å². The van der Waals surface area contributed by atoms with Crippen LogP contribution in [0.1, 0.15) is 107 Å². The average Bonchev–Trinajstić information content (AvgIpc) is 4.04. The zero-order valence-electron chi connectivity index (χ0n) is 37.4. The van der Waals surface area contributed by atoms with Crippen molar-refractivity contribution in [2.45, 2.75) is 98.5 Å². The first-order chi connectivity index (χ1) is 30.9. The molecule has 65 heavy (non-hydrogen) atoms. The molecule has 15 nitrogen and oxygen atoms in total. The number of hydrogen-bond acceptors (Lipinski definition) is 12. The molecule has 17 heteroatoms. The summed E-state index contributed by atoms with van der Waals surface area (Å²) in [6.07, 6.45) is 0.431. The number of carboxylic acids is 1. The lowest BCUT2D eigenvalue weighted by Crippen LogP contribution is -2.57. The number of aliphatic carboxylic acids is 1. The maximum Gasteiger partial charge on any atom is 0.306 e. The molecule has 1 saturated heterocycles. The van der Waals surface area contributed by atoms with Gasteiger partial charge in [-0.05, 0) is 68.9 Å². The number of thiazole rings is 1. The van der Waals surface area contributed by atoms with Crippen LogP contribution in [0.2, 0.25) is 0 Å². The summed E-state index contributed by atoms with van der Waals surface area (Å²) in [7, 11) is 0. The predicted molar refractivity (Wildman–Crippen MR) is 249 cm³/mol. The van der Waals surface area contributed by atoms with Gasteiger partial charge in [-0.2, -0.15) is 0 Å². The van der Waals surface area contributed by atoms with E-state index in [1.54, 1.807) is 34.8 Å². The van der Waals surface area contributed by atoms with E-state index >= 15 is 0 Å². The minimum absolute atomic E-state index is 0.0491. The highest BCUT2D eigenvalue weighted by atomic mass is 32.1. The van der Waals surface area contributed by atoms with E-state index < -0.39 is 47.4 Å². The Hall–Kier alpha value is -6.43. The second-order valence-corrected chi connectivity index (χ2v) is 19.8. The van der Waals surface area contributed by atoms with Gasteiger partial charge in [0, 0.05) is 46.3 Å². The van der Waals surface area contributed by atoms with E-state index in [9.17, 15) is 29.4 Å². The number of aryl methyl sites for hydroxylation is 3. The molecule has 0 saturated carbocycles. The van der Waals surface area contributed by atoms with Gasteiger partial charge in [-0.15, -0.1) is 32.9 Å². The number of thiophene rings is 1. The number of hydrogen-bond donors (Lipinski definition) is 4. The molecule has 0 spiro atoms. The van der Waals surface area contributed by atoms with Crippen LogP contribution in [0, 0.1) is 33.1 Å². The summed E-state index contributed by atoms with van der Waals surface area (Å²) in [5.41, 5.74) is 8.78. The van der Waals surface area contributed by atoms with Gasteiger partial charge < -0.3 is 25.7 Å². The van der Waals surface area contributed by atoms with Crippen molar-refractivity contribution < 1.29 is 29.4 Å². The second-order valence-electron chi connectivity index (χ2n) is 17.8. The normalized spacial score (nSPS) is 18.0. The van der Waals surface area contributed by atoms with Gasteiger partial charge in [0.25, 0.3) is 5.91 Å². The Morgan fingerprint density at radius 3 is 2.26 bits per heavy atom. The maximum absolute atomic E-state index is 14.4. The average molecular weight is 914 g/mol. The number of aliphatic imine (C=N–C) groups is 1. The van der Waals surface area contributed by atoms with Gasteiger partial charge in [0.1, 0.15) is 29.0 Å². The summed E-state index contributed by atoms with van der Waals surface area (Å²) < 4.78 is 1.91. The summed E-state index contributed by atoms with van der Waals surface area (Å²) in [6.45, 7) is 15.2. The number of rotatable bonds is 11. The zero-order valence-corrected chi connectivity index (χ0v) is 39.0. The fourth-order valence-electron chi connectivity index (χ4n) is 8.45. The van der Waals surface area contributed by atoms with Crippen LogP contribution in [-0.2, 0) is 14.4 Å². The van der Waals surface area contributed by atoms with Crippen LogP contribution >= 0.6 is 22.7 Å². The molecule has 2 unspecified atom stereocenters. The lowest BCUT2D eigenvalue weighted by atomic mass is 9.85. The molecule has 6 aromatic rings. The third kappa shape index (κ3) is 9.00. The van der Waals surface area contributed by atoms with Crippen LogP contribution in [0.5, 0.6) is 0 Å². The molecule has 0 aliphatic carbocycles. The Morgan fingerprint density at radius 1 is 0.908 bits per heavy atom. The van der Waals surface area contributed by atoms with E-state index in [-0.39, 0.29) is 36.9 Å². The number of carbonyl (C=O) groups is 4. The van der Waals surface area contributed by atoms with Gasteiger partial charge in [-0.25, -0.2) is 4.98 Å². The third-order valence-electron chi connectivity index (χ3n) is 12.1. The smallest absolute Gasteiger partial charge is 0.306 e. The van der Waals surface area contributed by atoms with Gasteiger partial charge in [0.15, 0.2) is 5.82 Å². The number of benzene rings is 2. The second kappa shape index (κ2) is 17.9. The van der Waals surface area contributed by atoms with Crippen molar-refractivity contribution >= 4 is 52.1 Å². The first-order valence-electron chi connectivity index (χ1n) is 21.4. The molecule has 2 aliphatic heterocycles. The molecule has 336 valence electrons. The lowest BCUT2D eigenvalue weighted by Gasteiger charge is -2.35. The molecule has 0 bridgehead atoms. The Bertz CT molecular complexity index is 2840. The van der Waals surface area contributed by atoms with Gasteiger partial charge in [0.05, 0.1) is 46.1 Å². The number of nitrogens with one attached hydrogen (secondary N) is 2. The first-order valence-corrected chi connectivity index (χ1v) is 23.1. The number of β-amino-alcohol motifs (C(OH)–C–C–N with tert-alkyl or cyclic N) is 1. The summed E-state index contributed by atoms with van der Waals surface area (Å²) in [5, 5.41) is 36.1. The lowest BCUT2D eigenvalue weighted by molar-refractivity contribution is -0.142. The monoisotopic (exact) mass is 913 g/mol. The Kier molecular flexibility index (Phi) is 12.4. The Morgan fingerprint density at radius 2 is 1.60 bits per heavy atom. The van der Waals surface area contributed by atoms with E-state index in [0.717, 1.165) is 53.8 Å². The summed E-state index contributed by atoms with van der Waals surface area (Å²) in [5.74, 6) is -1.24. The molecule has 6 heterocycles. The number of carboxylic acid groups (broad SMARTS) is 1. The van der Waals surface area contributed by atoms with Crippen molar-refractivity contribution in [2.24, 2.45) is 10.4 Å². The first kappa shape index (κ1) is 45.1. The van der Waals surface area contributed by atoms with Gasteiger partial charge in [0.2, 0.25) is 11.8 Å². The van der Waals surface area contributed by atoms with Gasteiger partial charge in [-0.3, -0.25) is 33.7 Å². The molecule has 2 aromatic carbocycles. The van der Waals surface area contributed by atoms with Crippen molar-refractivity contribution in [3.63, 3.8) is 0 Å². The number of pyridine rings is 1. The van der Waals surface area contributed by atoms with E-state index in [0.29, 0.717) is 23.1 Å². The fraction of sp³-hybridized carbons (Fsp3) is 0.354. The van der Waals surface area contributed by atoms with Crippen molar-refractivity contribution in [3.05, 3.63) is 122 Å². The fourth-order valence-corrected chi connectivity index (χ4v) is 10.5. The Balaban J connectivity index is 0.991. The van der Waals surface area contributed by atoms with E-state index in [1.807, 2.05) is 114 Å². The number of aromatic nitrogens is 5. The molecule has 3 amide bonds.